The molecule has 4 aliphatic carbocycles. The van der Waals surface area contributed by atoms with Crippen LogP contribution in [-0.4, -0.2) is 15.0 Å². The van der Waals surface area contributed by atoms with Gasteiger partial charge in [0.05, 0.1) is 11.6 Å². The second-order valence-corrected chi connectivity index (χ2v) is 16.3. The smallest absolute Gasteiger partial charge is 0.164 e. The molecular weight excluding hydrogens is 657 g/mol. The predicted molar refractivity (Wildman–Crippen MR) is 214 cm³/mol. The fourth-order valence-electron chi connectivity index (χ4n) is 11.5. The number of rotatable bonds is 7. The van der Waals surface area contributed by atoms with Crippen LogP contribution in [0.2, 0.25) is 0 Å². The summed E-state index contributed by atoms with van der Waals surface area (Å²) in [7, 11) is 0. The lowest BCUT2D eigenvalue weighted by molar-refractivity contribution is -0.199. The van der Waals surface area contributed by atoms with Gasteiger partial charge in [-0.05, 0) is 100 Å². The van der Waals surface area contributed by atoms with Gasteiger partial charge >= 0.3 is 0 Å². The lowest BCUT2D eigenvalue weighted by Gasteiger charge is -2.73. The molecule has 1 aromatic heterocycles. The SMILES string of the molecule is N#Cc1ccc(-c2ccc(C34CC5CC6CC(c7ccc(-c8nc(-c9ccccc9)nc(-c9ccc(-c%10ccccc%10)cc9)n8)cc7)(C3)CC654)cc2)cc1. The van der Waals surface area contributed by atoms with Crippen molar-refractivity contribution in [3.63, 3.8) is 0 Å². The molecule has 54 heavy (non-hydrogen) atoms. The molecule has 0 radical (unpaired) electrons. The summed E-state index contributed by atoms with van der Waals surface area (Å²) in [5.41, 5.74) is 12.3. The average molecular weight is 695 g/mol. The maximum absolute atomic E-state index is 9.24. The van der Waals surface area contributed by atoms with Crippen LogP contribution < -0.4 is 0 Å². The molecule has 258 valence electrons. The Morgan fingerprint density at radius 2 is 0.870 bits per heavy atom. The Kier molecular flexibility index (Phi) is 6.77. The molecular formula is C50H38N4. The molecule has 1 heterocycles. The Hall–Kier alpha value is -6.18. The number of fused-ring (bicyclic) bond motifs is 1. The van der Waals surface area contributed by atoms with E-state index < -0.39 is 0 Å². The van der Waals surface area contributed by atoms with E-state index in [1.807, 2.05) is 36.4 Å². The van der Waals surface area contributed by atoms with E-state index in [1.165, 1.54) is 59.9 Å². The van der Waals surface area contributed by atoms with Gasteiger partial charge in [-0.1, -0.05) is 146 Å². The zero-order valence-corrected chi connectivity index (χ0v) is 30.0. The molecule has 0 aliphatic heterocycles. The Bertz CT molecular complexity index is 2580. The van der Waals surface area contributed by atoms with Crippen LogP contribution >= 0.6 is 0 Å². The summed E-state index contributed by atoms with van der Waals surface area (Å²) in [6, 6.07) is 58.1. The van der Waals surface area contributed by atoms with Crippen molar-refractivity contribution in [3.05, 3.63) is 174 Å². The van der Waals surface area contributed by atoms with E-state index in [9.17, 15) is 5.26 Å². The van der Waals surface area contributed by atoms with Crippen molar-refractivity contribution in [2.45, 2.75) is 42.9 Å². The van der Waals surface area contributed by atoms with Gasteiger partial charge in [-0.2, -0.15) is 5.26 Å². The second-order valence-electron chi connectivity index (χ2n) is 16.3. The van der Waals surface area contributed by atoms with Crippen LogP contribution in [0.3, 0.4) is 0 Å². The van der Waals surface area contributed by atoms with Crippen molar-refractivity contribution < 1.29 is 0 Å². The number of nitriles is 1. The molecule has 6 aromatic carbocycles. The van der Waals surface area contributed by atoms with E-state index in [2.05, 4.69) is 127 Å². The molecule has 4 nitrogen and oxygen atoms in total. The highest BCUT2D eigenvalue weighted by Gasteiger charge is 2.84. The van der Waals surface area contributed by atoms with E-state index in [4.69, 9.17) is 15.0 Å². The standard InChI is InChI=1S/C50H38N4/c51-30-33-11-13-35(14-12-33)37-19-25-42(26-20-37)49-29-44-27-43-28-48(31-49,32-50(43,44)49)41-23-21-40(22-24-41)47-53-45(38-9-5-2-6-10-38)52-46(54-47)39-17-15-36(16-18-39)34-7-3-1-4-8-34/h1-26,43-44H,27-29,31-32H2. The molecule has 4 heteroatoms. The molecule has 4 saturated carbocycles. The summed E-state index contributed by atoms with van der Waals surface area (Å²) in [5, 5.41) is 9.24. The van der Waals surface area contributed by atoms with Gasteiger partial charge < -0.3 is 0 Å². The third-order valence-corrected chi connectivity index (χ3v) is 13.9. The lowest BCUT2D eigenvalue weighted by Crippen LogP contribution is -2.69. The maximum atomic E-state index is 9.24. The van der Waals surface area contributed by atoms with Gasteiger partial charge in [0.25, 0.3) is 0 Å². The average Bonchev–Trinajstić information content (AvgIpc) is 3.72. The normalized spacial score (nSPS) is 25.6. The quantitative estimate of drug-likeness (QED) is 0.167. The molecule has 4 fully saturated rings. The van der Waals surface area contributed by atoms with E-state index in [0.717, 1.165) is 34.1 Å². The molecule has 5 atom stereocenters. The summed E-state index contributed by atoms with van der Waals surface area (Å²) in [5.74, 6) is 3.74. The number of hydrogen-bond acceptors (Lipinski definition) is 4. The lowest BCUT2D eigenvalue weighted by atomic mass is 9.30. The van der Waals surface area contributed by atoms with Crippen molar-refractivity contribution in [2.24, 2.45) is 17.3 Å². The van der Waals surface area contributed by atoms with Crippen molar-refractivity contribution in [2.75, 3.05) is 0 Å². The van der Waals surface area contributed by atoms with Crippen molar-refractivity contribution in [3.8, 4) is 62.5 Å². The van der Waals surface area contributed by atoms with Gasteiger partial charge in [0.2, 0.25) is 0 Å². The van der Waals surface area contributed by atoms with Crippen molar-refractivity contribution >= 4 is 0 Å². The van der Waals surface area contributed by atoms with Gasteiger partial charge in [-0.3, -0.25) is 0 Å². The molecule has 1 spiro atoms. The summed E-state index contributed by atoms with van der Waals surface area (Å²) < 4.78 is 0. The van der Waals surface area contributed by atoms with E-state index in [1.54, 1.807) is 0 Å². The van der Waals surface area contributed by atoms with E-state index in [0.29, 0.717) is 28.5 Å². The van der Waals surface area contributed by atoms with Crippen molar-refractivity contribution in [1.82, 2.24) is 15.0 Å². The highest BCUT2D eigenvalue weighted by Crippen LogP contribution is 2.89. The Labute approximate surface area is 316 Å². The minimum absolute atomic E-state index is 0.209. The summed E-state index contributed by atoms with van der Waals surface area (Å²) in [6.07, 6.45) is 6.56. The van der Waals surface area contributed by atoms with Crippen LogP contribution in [0.5, 0.6) is 0 Å². The zero-order chi connectivity index (χ0) is 35.9. The highest BCUT2D eigenvalue weighted by atomic mass is 15.0. The molecule has 5 unspecified atom stereocenters. The number of hydrogen-bond donors (Lipinski definition) is 0. The predicted octanol–water partition coefficient (Wildman–Crippen LogP) is 11.5. The van der Waals surface area contributed by atoms with Gasteiger partial charge in [0.1, 0.15) is 0 Å². The van der Waals surface area contributed by atoms with Gasteiger partial charge in [-0.25, -0.2) is 15.0 Å². The first-order valence-corrected chi connectivity index (χ1v) is 19.3. The minimum atomic E-state index is 0.209. The molecule has 0 N–H and O–H groups in total. The molecule has 0 amide bonds. The van der Waals surface area contributed by atoms with Gasteiger partial charge in [0.15, 0.2) is 17.5 Å². The Morgan fingerprint density at radius 3 is 1.43 bits per heavy atom. The first kappa shape index (κ1) is 31.4. The van der Waals surface area contributed by atoms with Crippen LogP contribution in [0.4, 0.5) is 0 Å². The van der Waals surface area contributed by atoms with Crippen LogP contribution in [0.25, 0.3) is 56.4 Å². The summed E-state index contributed by atoms with van der Waals surface area (Å²) >= 11 is 0. The van der Waals surface area contributed by atoms with E-state index >= 15 is 0 Å². The third-order valence-electron chi connectivity index (χ3n) is 13.9. The largest absolute Gasteiger partial charge is 0.208 e. The first-order valence-electron chi connectivity index (χ1n) is 19.3. The molecule has 11 rings (SSSR count). The first-order chi connectivity index (χ1) is 26.6. The fourth-order valence-corrected chi connectivity index (χ4v) is 11.5. The summed E-state index contributed by atoms with van der Waals surface area (Å²) in [6.45, 7) is 0. The number of aromatic nitrogens is 3. The minimum Gasteiger partial charge on any atom is -0.208 e. The van der Waals surface area contributed by atoms with Crippen molar-refractivity contribution in [1.29, 1.82) is 5.26 Å². The van der Waals surface area contributed by atoms with Crippen LogP contribution in [0.15, 0.2) is 158 Å². The summed E-state index contributed by atoms with van der Waals surface area (Å²) in [4.78, 5) is 15.1. The fraction of sp³-hybridized carbons (Fsp3) is 0.200. The molecule has 4 aliphatic rings. The molecule has 7 aromatic rings. The van der Waals surface area contributed by atoms with Crippen LogP contribution in [0.1, 0.15) is 48.8 Å². The Balaban J connectivity index is 0.914. The highest BCUT2D eigenvalue weighted by molar-refractivity contribution is 5.71. The van der Waals surface area contributed by atoms with Crippen LogP contribution in [-0.2, 0) is 10.8 Å². The van der Waals surface area contributed by atoms with Gasteiger partial charge in [0, 0.05) is 22.1 Å². The zero-order valence-electron chi connectivity index (χ0n) is 30.0. The topological polar surface area (TPSA) is 62.5 Å². The van der Waals surface area contributed by atoms with Crippen LogP contribution in [0, 0.1) is 28.6 Å². The molecule has 0 saturated heterocycles. The van der Waals surface area contributed by atoms with Gasteiger partial charge in [-0.15, -0.1) is 0 Å². The number of benzene rings is 6. The third kappa shape index (κ3) is 4.51. The monoisotopic (exact) mass is 694 g/mol. The molecule has 2 bridgehead atoms. The van der Waals surface area contributed by atoms with E-state index in [-0.39, 0.29) is 10.8 Å². The number of nitrogens with zero attached hydrogens (tertiary/aromatic N) is 4. The second kappa shape index (κ2) is 11.7. The maximum Gasteiger partial charge on any atom is 0.164 e. The Morgan fingerprint density at radius 1 is 0.444 bits per heavy atom.